The van der Waals surface area contributed by atoms with E-state index in [1.54, 1.807) is 0 Å². The van der Waals surface area contributed by atoms with Gasteiger partial charge in [-0.3, -0.25) is 9.80 Å². The van der Waals surface area contributed by atoms with E-state index in [4.69, 9.17) is 5.73 Å². The lowest BCUT2D eigenvalue weighted by Gasteiger charge is -2.56. The molecule has 3 N–H and O–H groups in total. The lowest BCUT2D eigenvalue weighted by atomic mass is 9.75. The van der Waals surface area contributed by atoms with E-state index in [1.165, 1.54) is 11.1 Å². The number of nitrogens with zero attached hydrogens (tertiary/aromatic N) is 2. The smallest absolute Gasteiger partial charge is 0.0575 e. The van der Waals surface area contributed by atoms with Crippen molar-refractivity contribution in [1.29, 1.82) is 0 Å². The molecule has 2 aliphatic rings. The quantitative estimate of drug-likeness (QED) is 0.424. The highest BCUT2D eigenvalue weighted by molar-refractivity contribution is 5.18. The van der Waals surface area contributed by atoms with Crippen LogP contribution in [-0.4, -0.2) is 49.2 Å². The zero-order chi connectivity index (χ0) is 28.2. The predicted molar refractivity (Wildman–Crippen MR) is 162 cm³/mol. The first-order valence-corrected chi connectivity index (χ1v) is 14.8. The van der Waals surface area contributed by atoms with Crippen molar-refractivity contribution in [3.05, 3.63) is 71.8 Å². The lowest BCUT2D eigenvalue weighted by Crippen LogP contribution is -2.63. The second kappa shape index (κ2) is 12.2. The van der Waals surface area contributed by atoms with Crippen molar-refractivity contribution in [2.45, 2.75) is 141 Å². The number of nitrogens with two attached hydrogens (primary N) is 1. The van der Waals surface area contributed by atoms with Crippen molar-refractivity contribution in [2.75, 3.05) is 0 Å². The summed E-state index contributed by atoms with van der Waals surface area (Å²) in [5.74, 6) is 0. The van der Waals surface area contributed by atoms with Gasteiger partial charge in [-0.2, -0.15) is 0 Å². The van der Waals surface area contributed by atoms with Crippen molar-refractivity contribution in [2.24, 2.45) is 5.73 Å². The van der Waals surface area contributed by atoms with Gasteiger partial charge in [0.15, 0.2) is 0 Å². The van der Waals surface area contributed by atoms with E-state index in [0.29, 0.717) is 6.04 Å². The third kappa shape index (κ3) is 7.27. The minimum atomic E-state index is -0.174. The summed E-state index contributed by atoms with van der Waals surface area (Å²) in [7, 11) is 0. The molecular formula is C34H55N3O. The zero-order valence-electron chi connectivity index (χ0n) is 25.5. The molecule has 0 bridgehead atoms. The van der Waals surface area contributed by atoms with Crippen LogP contribution in [0.4, 0.5) is 0 Å². The van der Waals surface area contributed by atoms with Crippen LogP contribution in [-0.2, 0) is 13.1 Å². The van der Waals surface area contributed by atoms with Crippen LogP contribution in [0.3, 0.4) is 0 Å². The lowest BCUT2D eigenvalue weighted by molar-refractivity contribution is -0.0955. The molecule has 4 atom stereocenters. The number of benzene rings is 2. The molecule has 212 valence electrons. The van der Waals surface area contributed by atoms with Crippen LogP contribution < -0.4 is 5.73 Å². The molecular weight excluding hydrogens is 466 g/mol. The van der Waals surface area contributed by atoms with E-state index in [-0.39, 0.29) is 28.3 Å². The summed E-state index contributed by atoms with van der Waals surface area (Å²) in [5, 5.41) is 10.2. The fraction of sp³-hybridized carbons (Fsp3) is 0.647. The highest BCUT2D eigenvalue weighted by atomic mass is 16.3. The average molecular weight is 522 g/mol. The molecule has 2 heterocycles. The van der Waals surface area contributed by atoms with Gasteiger partial charge >= 0.3 is 0 Å². The van der Waals surface area contributed by atoms with Crippen LogP contribution >= 0.6 is 0 Å². The Morgan fingerprint density at radius 2 is 1.05 bits per heavy atom. The fourth-order valence-corrected chi connectivity index (χ4v) is 7.35. The molecule has 4 unspecified atom stereocenters. The highest BCUT2D eigenvalue weighted by Gasteiger charge is 2.47. The van der Waals surface area contributed by atoms with Crippen molar-refractivity contribution in [3.8, 4) is 0 Å². The summed E-state index contributed by atoms with van der Waals surface area (Å²) in [4.78, 5) is 5.25. The van der Waals surface area contributed by atoms with Crippen LogP contribution in [0.1, 0.15) is 105 Å². The van der Waals surface area contributed by atoms with Gasteiger partial charge in [-0.15, -0.1) is 0 Å². The third-order valence-electron chi connectivity index (χ3n) is 9.53. The van der Waals surface area contributed by atoms with Gasteiger partial charge in [-0.25, -0.2) is 0 Å². The van der Waals surface area contributed by atoms with Gasteiger partial charge in [0.25, 0.3) is 0 Å². The van der Waals surface area contributed by atoms with E-state index < -0.39 is 0 Å². The fourth-order valence-electron chi connectivity index (χ4n) is 7.35. The molecule has 4 rings (SSSR count). The van der Waals surface area contributed by atoms with Crippen LogP contribution in [0.2, 0.25) is 0 Å². The Balaban J connectivity index is 0.000000211. The maximum atomic E-state index is 10.2. The molecule has 4 heteroatoms. The van der Waals surface area contributed by atoms with Gasteiger partial charge in [-0.05, 0) is 91.2 Å². The number of piperidine rings is 2. The summed E-state index contributed by atoms with van der Waals surface area (Å²) in [6.45, 7) is 20.3. The number of likely N-dealkylation sites (tertiary alicyclic amines) is 2. The number of aliphatic hydroxyl groups is 1. The predicted octanol–water partition coefficient (Wildman–Crippen LogP) is 7.15. The maximum absolute atomic E-state index is 10.2. The maximum Gasteiger partial charge on any atom is 0.0575 e. The van der Waals surface area contributed by atoms with Crippen LogP contribution in [0.15, 0.2) is 60.7 Å². The van der Waals surface area contributed by atoms with Crippen LogP contribution in [0.5, 0.6) is 0 Å². The second-order valence-corrected chi connectivity index (χ2v) is 13.7. The van der Waals surface area contributed by atoms with Crippen molar-refractivity contribution in [3.63, 3.8) is 0 Å². The Morgan fingerprint density at radius 1 is 0.658 bits per heavy atom. The second-order valence-electron chi connectivity index (χ2n) is 13.7. The molecule has 2 aliphatic heterocycles. The molecule has 38 heavy (non-hydrogen) atoms. The zero-order valence-corrected chi connectivity index (χ0v) is 25.5. The monoisotopic (exact) mass is 521 g/mol. The summed E-state index contributed by atoms with van der Waals surface area (Å²) < 4.78 is 0. The first-order chi connectivity index (χ1) is 17.7. The third-order valence-corrected chi connectivity index (χ3v) is 9.53. The topological polar surface area (TPSA) is 52.7 Å². The molecule has 0 aliphatic carbocycles. The van der Waals surface area contributed by atoms with E-state index in [9.17, 15) is 5.11 Å². The van der Waals surface area contributed by atoms with Gasteiger partial charge < -0.3 is 10.8 Å². The van der Waals surface area contributed by atoms with Gasteiger partial charge in [0.05, 0.1) is 6.10 Å². The molecule has 2 saturated heterocycles. The number of hydrogen-bond acceptors (Lipinski definition) is 4. The van der Waals surface area contributed by atoms with Crippen LogP contribution in [0, 0.1) is 0 Å². The van der Waals surface area contributed by atoms with E-state index in [2.05, 4.69) is 126 Å². The van der Waals surface area contributed by atoms with E-state index >= 15 is 0 Å². The Morgan fingerprint density at radius 3 is 1.47 bits per heavy atom. The largest absolute Gasteiger partial charge is 0.393 e. The minimum absolute atomic E-state index is 0.0399. The van der Waals surface area contributed by atoms with Crippen molar-refractivity contribution in [1.82, 2.24) is 9.80 Å². The number of aliphatic hydroxyl groups excluding tert-OH is 1. The van der Waals surface area contributed by atoms with Gasteiger partial charge in [0, 0.05) is 41.3 Å². The Kier molecular flexibility index (Phi) is 9.90. The van der Waals surface area contributed by atoms with Crippen LogP contribution in [0.25, 0.3) is 0 Å². The summed E-state index contributed by atoms with van der Waals surface area (Å²) in [6.07, 6.45) is 5.95. The number of hydrogen-bond donors (Lipinski definition) is 2. The Labute approximate surface area is 233 Å². The minimum Gasteiger partial charge on any atom is -0.393 e. The molecule has 0 amide bonds. The molecule has 0 radical (unpaired) electrons. The molecule has 0 spiro atoms. The Hall–Kier alpha value is -1.72. The highest BCUT2D eigenvalue weighted by Crippen LogP contribution is 2.42. The summed E-state index contributed by atoms with van der Waals surface area (Å²) in [6, 6.07) is 21.8. The standard InChI is InChI=1S/C17H28N2.C17H27NO/c1-5-17(4)12-15(18)11-16(2,3)19(17)13-14-9-7-6-8-10-14;1-5-17(4)12-15(19)11-16(2,3)18(17)13-14-9-7-6-8-10-14/h6-10,15H,5,11-13,18H2,1-4H3;6-10,15,19H,5,11-13H2,1-4H3. The van der Waals surface area contributed by atoms with Gasteiger partial charge in [-0.1, -0.05) is 74.5 Å². The van der Waals surface area contributed by atoms with E-state index in [1.807, 2.05) is 0 Å². The normalized spacial score (nSPS) is 31.3. The van der Waals surface area contributed by atoms with Gasteiger partial charge in [0.1, 0.15) is 0 Å². The van der Waals surface area contributed by atoms with E-state index in [0.717, 1.165) is 51.6 Å². The molecule has 2 aromatic carbocycles. The van der Waals surface area contributed by atoms with Crippen molar-refractivity contribution < 1.29 is 5.11 Å². The molecule has 2 fully saturated rings. The van der Waals surface area contributed by atoms with Gasteiger partial charge in [0.2, 0.25) is 0 Å². The first-order valence-electron chi connectivity index (χ1n) is 14.8. The molecule has 2 aromatic rings. The van der Waals surface area contributed by atoms with Crippen molar-refractivity contribution >= 4 is 0 Å². The SMILES string of the molecule is CCC1(C)CC(N)CC(C)(C)N1Cc1ccccc1.CCC1(C)CC(O)CC(C)(C)N1Cc1ccccc1. The number of rotatable bonds is 6. The Bertz CT molecular complexity index is 910. The molecule has 0 aromatic heterocycles. The summed E-state index contributed by atoms with van der Waals surface area (Å²) >= 11 is 0. The molecule has 0 saturated carbocycles. The molecule has 4 nitrogen and oxygen atoms in total. The first kappa shape index (κ1) is 30.8. The average Bonchev–Trinajstić information content (AvgIpc) is 2.85. The summed E-state index contributed by atoms with van der Waals surface area (Å²) in [5.41, 5.74) is 9.53.